The summed E-state index contributed by atoms with van der Waals surface area (Å²) in [6.45, 7) is 5.65. The first-order chi connectivity index (χ1) is 14.6. The number of rotatable bonds is 7. The molecule has 2 aromatic carbocycles. The van der Waals surface area contributed by atoms with E-state index in [1.165, 1.54) is 18.4 Å². The monoisotopic (exact) mass is 421 g/mol. The van der Waals surface area contributed by atoms with Crippen LogP contribution in [0.1, 0.15) is 30.4 Å². The zero-order chi connectivity index (χ0) is 20.9. The number of benzene rings is 2. The number of anilines is 1. The molecule has 0 aliphatic carbocycles. The summed E-state index contributed by atoms with van der Waals surface area (Å²) in [6, 6.07) is 16.2. The molecule has 0 unspecified atom stereocenters. The summed E-state index contributed by atoms with van der Waals surface area (Å²) < 4.78 is 2.41. The highest BCUT2D eigenvalue weighted by atomic mass is 32.1. The molecular formula is C23H27N5OS. The number of hydrogen-bond donors (Lipinski definition) is 2. The molecule has 0 atom stereocenters. The van der Waals surface area contributed by atoms with Crippen LogP contribution in [0.25, 0.3) is 11.4 Å². The van der Waals surface area contributed by atoms with Gasteiger partial charge in [-0.25, -0.2) is 0 Å². The second kappa shape index (κ2) is 9.36. The van der Waals surface area contributed by atoms with Crippen molar-refractivity contribution in [2.24, 2.45) is 0 Å². The van der Waals surface area contributed by atoms with E-state index in [1.54, 1.807) is 0 Å². The van der Waals surface area contributed by atoms with Crippen LogP contribution < -0.4 is 5.32 Å². The van der Waals surface area contributed by atoms with Crippen molar-refractivity contribution in [3.63, 3.8) is 0 Å². The van der Waals surface area contributed by atoms with Crippen molar-refractivity contribution in [1.82, 2.24) is 19.7 Å². The Kier molecular flexibility index (Phi) is 6.40. The number of aromatic nitrogens is 3. The fraction of sp³-hybridized carbons (Fsp3) is 0.348. The predicted molar refractivity (Wildman–Crippen MR) is 122 cm³/mol. The van der Waals surface area contributed by atoms with Gasteiger partial charge in [-0.15, -0.1) is 0 Å². The van der Waals surface area contributed by atoms with Gasteiger partial charge in [0.15, 0.2) is 10.6 Å². The summed E-state index contributed by atoms with van der Waals surface area (Å²) in [5.41, 5.74) is 4.22. The van der Waals surface area contributed by atoms with E-state index in [2.05, 4.69) is 26.5 Å². The first-order valence-corrected chi connectivity index (χ1v) is 10.8. The minimum absolute atomic E-state index is 0.0261. The maximum absolute atomic E-state index is 12.7. The van der Waals surface area contributed by atoms with Crippen molar-refractivity contribution in [2.45, 2.75) is 39.3 Å². The molecule has 6 nitrogen and oxygen atoms in total. The molecule has 1 aromatic heterocycles. The molecular weight excluding hydrogens is 394 g/mol. The number of aryl methyl sites for hydroxylation is 1. The normalized spacial score (nSPS) is 14.2. The molecule has 1 aliphatic rings. The first-order valence-electron chi connectivity index (χ1n) is 10.4. The molecule has 0 spiro atoms. The second-order valence-electron chi connectivity index (χ2n) is 7.81. The molecule has 0 radical (unpaired) electrons. The Morgan fingerprint density at radius 3 is 2.63 bits per heavy atom. The van der Waals surface area contributed by atoms with Gasteiger partial charge in [-0.05, 0) is 56.7 Å². The van der Waals surface area contributed by atoms with Crippen LogP contribution in [0, 0.1) is 11.7 Å². The van der Waals surface area contributed by atoms with E-state index in [0.717, 1.165) is 42.3 Å². The quantitative estimate of drug-likeness (QED) is 0.550. The van der Waals surface area contributed by atoms with Crippen molar-refractivity contribution in [1.29, 1.82) is 0 Å². The van der Waals surface area contributed by atoms with Crippen LogP contribution in [0.15, 0.2) is 48.5 Å². The maximum Gasteiger partial charge on any atom is 0.226 e. The number of hydrogen-bond acceptors (Lipinski definition) is 4. The average Bonchev–Trinajstić information content (AvgIpc) is 3.38. The topological polar surface area (TPSA) is 66.0 Å². The van der Waals surface area contributed by atoms with Gasteiger partial charge in [0.2, 0.25) is 5.91 Å². The van der Waals surface area contributed by atoms with Crippen LogP contribution >= 0.6 is 12.2 Å². The number of amides is 1. The van der Waals surface area contributed by atoms with E-state index < -0.39 is 0 Å². The molecule has 1 amide bonds. The molecule has 7 heteroatoms. The fourth-order valence-corrected chi connectivity index (χ4v) is 4.06. The van der Waals surface area contributed by atoms with Gasteiger partial charge in [0.1, 0.15) is 0 Å². The Labute approximate surface area is 181 Å². The van der Waals surface area contributed by atoms with Crippen molar-refractivity contribution >= 4 is 23.8 Å². The molecule has 156 valence electrons. The van der Waals surface area contributed by atoms with Gasteiger partial charge < -0.3 is 5.32 Å². The van der Waals surface area contributed by atoms with Gasteiger partial charge in [0, 0.05) is 30.8 Å². The fourth-order valence-electron chi connectivity index (χ4n) is 3.84. The van der Waals surface area contributed by atoms with Crippen LogP contribution in [0.3, 0.4) is 0 Å². The Bertz CT molecular complexity index is 1060. The summed E-state index contributed by atoms with van der Waals surface area (Å²) in [5, 5.41) is 10.3. The molecule has 0 saturated carbocycles. The van der Waals surface area contributed by atoms with Crippen LogP contribution in [0.4, 0.5) is 5.69 Å². The summed E-state index contributed by atoms with van der Waals surface area (Å²) in [5.74, 6) is 0.726. The van der Waals surface area contributed by atoms with Crippen molar-refractivity contribution in [2.75, 3.05) is 18.4 Å². The standard InChI is InChI=1S/C23H27N5OS/c1-17-8-10-18(11-9-17)22-25-26-23(30)28(22)15-12-21(29)24-20-7-3-2-6-19(20)16-27-13-4-5-14-27/h2-3,6-11H,4-5,12-16H2,1H3,(H,24,29)(H,26,30). The van der Waals surface area contributed by atoms with E-state index >= 15 is 0 Å². The molecule has 0 bridgehead atoms. The number of aromatic amines is 1. The lowest BCUT2D eigenvalue weighted by Gasteiger charge is -2.18. The third-order valence-corrected chi connectivity index (χ3v) is 5.83. The highest BCUT2D eigenvalue weighted by Crippen LogP contribution is 2.21. The largest absolute Gasteiger partial charge is 0.326 e. The van der Waals surface area contributed by atoms with Crippen molar-refractivity contribution in [3.8, 4) is 11.4 Å². The Hall–Kier alpha value is -2.77. The lowest BCUT2D eigenvalue weighted by Crippen LogP contribution is -2.21. The van der Waals surface area contributed by atoms with E-state index in [0.29, 0.717) is 17.7 Å². The number of likely N-dealkylation sites (tertiary alicyclic amines) is 1. The highest BCUT2D eigenvalue weighted by Gasteiger charge is 2.15. The van der Waals surface area contributed by atoms with Crippen molar-refractivity contribution < 1.29 is 4.79 Å². The molecule has 1 aliphatic heterocycles. The first kappa shape index (κ1) is 20.5. The van der Waals surface area contributed by atoms with Crippen LogP contribution in [-0.4, -0.2) is 38.7 Å². The molecule has 1 fully saturated rings. The van der Waals surface area contributed by atoms with Crippen LogP contribution in [-0.2, 0) is 17.9 Å². The summed E-state index contributed by atoms with van der Waals surface area (Å²) in [7, 11) is 0. The number of carbonyl (C=O) groups excluding carboxylic acids is 1. The van der Waals surface area contributed by atoms with Crippen LogP contribution in [0.2, 0.25) is 0 Å². The van der Waals surface area contributed by atoms with E-state index in [9.17, 15) is 4.79 Å². The lowest BCUT2D eigenvalue weighted by molar-refractivity contribution is -0.116. The second-order valence-corrected chi connectivity index (χ2v) is 8.20. The van der Waals surface area contributed by atoms with Gasteiger partial charge in [-0.2, -0.15) is 5.10 Å². The lowest BCUT2D eigenvalue weighted by atomic mass is 10.1. The number of nitrogens with zero attached hydrogens (tertiary/aromatic N) is 3. The molecule has 1 saturated heterocycles. The van der Waals surface area contributed by atoms with Crippen LogP contribution in [0.5, 0.6) is 0 Å². The van der Waals surface area contributed by atoms with Gasteiger partial charge in [-0.1, -0.05) is 48.0 Å². The zero-order valence-corrected chi connectivity index (χ0v) is 18.0. The Morgan fingerprint density at radius 2 is 1.87 bits per heavy atom. The van der Waals surface area contributed by atoms with Crippen molar-refractivity contribution in [3.05, 3.63) is 64.4 Å². The molecule has 2 heterocycles. The minimum atomic E-state index is -0.0261. The zero-order valence-electron chi connectivity index (χ0n) is 17.2. The summed E-state index contributed by atoms with van der Waals surface area (Å²) in [6.07, 6.45) is 2.83. The number of para-hydroxylation sites is 1. The maximum atomic E-state index is 12.7. The summed E-state index contributed by atoms with van der Waals surface area (Å²) >= 11 is 5.39. The van der Waals surface area contributed by atoms with Gasteiger partial charge >= 0.3 is 0 Å². The predicted octanol–water partition coefficient (Wildman–Crippen LogP) is 4.54. The van der Waals surface area contributed by atoms with Gasteiger partial charge in [-0.3, -0.25) is 19.4 Å². The number of nitrogens with one attached hydrogen (secondary N) is 2. The molecule has 4 rings (SSSR count). The molecule has 30 heavy (non-hydrogen) atoms. The molecule has 2 N–H and O–H groups in total. The van der Waals surface area contributed by atoms with Gasteiger partial charge in [0.05, 0.1) is 0 Å². The molecule has 3 aromatic rings. The minimum Gasteiger partial charge on any atom is -0.326 e. The Balaban J connectivity index is 1.42. The third kappa shape index (κ3) is 4.86. The smallest absolute Gasteiger partial charge is 0.226 e. The van der Waals surface area contributed by atoms with E-state index in [1.807, 2.05) is 54.0 Å². The average molecular weight is 422 g/mol. The summed E-state index contributed by atoms with van der Waals surface area (Å²) in [4.78, 5) is 15.1. The van der Waals surface area contributed by atoms with E-state index in [-0.39, 0.29) is 5.91 Å². The SMILES string of the molecule is Cc1ccc(-c2n[nH]c(=S)n2CCC(=O)Nc2ccccc2CN2CCCC2)cc1. The van der Waals surface area contributed by atoms with E-state index in [4.69, 9.17) is 12.2 Å². The number of H-pyrrole nitrogens is 1. The Morgan fingerprint density at radius 1 is 1.13 bits per heavy atom. The highest BCUT2D eigenvalue weighted by molar-refractivity contribution is 7.71. The van der Waals surface area contributed by atoms with Gasteiger partial charge in [0.25, 0.3) is 0 Å². The number of carbonyl (C=O) groups is 1. The third-order valence-electron chi connectivity index (χ3n) is 5.51.